The minimum atomic E-state index is -0.411. The summed E-state index contributed by atoms with van der Waals surface area (Å²) in [5, 5.41) is 19.2. The molecule has 2 aromatic rings. The number of nitrogens with one attached hydrogen (secondary N) is 1. The van der Waals surface area contributed by atoms with Crippen molar-refractivity contribution in [3.63, 3.8) is 0 Å². The molecule has 0 spiro atoms. The molecule has 0 saturated carbocycles. The molecule has 2 aromatic carbocycles. The van der Waals surface area contributed by atoms with Gasteiger partial charge in [0, 0.05) is 43.2 Å². The summed E-state index contributed by atoms with van der Waals surface area (Å²) in [6.07, 6.45) is 0. The zero-order valence-electron chi connectivity index (χ0n) is 12.4. The summed E-state index contributed by atoms with van der Waals surface area (Å²) in [5.41, 5.74) is 3.02. The summed E-state index contributed by atoms with van der Waals surface area (Å²) in [7, 11) is 3.95. The van der Waals surface area contributed by atoms with Crippen LogP contribution in [0.2, 0.25) is 0 Å². The van der Waals surface area contributed by atoms with Crippen LogP contribution in [-0.4, -0.2) is 24.1 Å². The summed E-state index contributed by atoms with van der Waals surface area (Å²) in [5.74, 6) is 0.617. The fourth-order valence-electron chi connectivity index (χ4n) is 1.86. The minimum Gasteiger partial charge on any atom is -0.378 e. The molecule has 22 heavy (non-hydrogen) atoms. The molecule has 0 aliphatic carbocycles. The molecule has 0 aliphatic heterocycles. The molecule has 0 bridgehead atoms. The number of hydrogen-bond acceptors (Lipinski definition) is 5. The van der Waals surface area contributed by atoms with Crippen molar-refractivity contribution < 1.29 is 4.92 Å². The van der Waals surface area contributed by atoms with Gasteiger partial charge in [-0.3, -0.25) is 15.5 Å². The van der Waals surface area contributed by atoms with Gasteiger partial charge in [0.15, 0.2) is 0 Å². The molecule has 114 valence electrons. The number of nitro benzene ring substituents is 1. The van der Waals surface area contributed by atoms with E-state index in [1.54, 1.807) is 12.1 Å². The second kappa shape index (κ2) is 7.09. The maximum Gasteiger partial charge on any atom is 0.269 e. The van der Waals surface area contributed by atoms with Crippen LogP contribution in [0.15, 0.2) is 48.5 Å². The predicted octanol–water partition coefficient (Wildman–Crippen LogP) is 3.92. The molecule has 0 amide bonds. The Balaban J connectivity index is 1.96. The molecule has 5 nitrogen and oxygen atoms in total. The zero-order valence-corrected chi connectivity index (χ0v) is 13.3. The van der Waals surface area contributed by atoms with Crippen molar-refractivity contribution in [2.45, 2.75) is 5.75 Å². The highest BCUT2D eigenvalue weighted by atomic mass is 32.2. The lowest BCUT2D eigenvalue weighted by molar-refractivity contribution is -0.384. The number of hydrogen-bond donors (Lipinski definition) is 1. The molecule has 0 fully saturated rings. The molecule has 0 unspecified atom stereocenters. The van der Waals surface area contributed by atoms with Crippen LogP contribution in [0.4, 0.5) is 11.4 Å². The van der Waals surface area contributed by atoms with Gasteiger partial charge in [-0.2, -0.15) is 0 Å². The molecule has 0 radical (unpaired) electrons. The van der Waals surface area contributed by atoms with E-state index in [9.17, 15) is 10.1 Å². The maximum atomic E-state index is 10.6. The van der Waals surface area contributed by atoms with Gasteiger partial charge in [0.2, 0.25) is 0 Å². The number of non-ortho nitro benzene ring substituents is 1. The van der Waals surface area contributed by atoms with E-state index in [4.69, 9.17) is 5.41 Å². The van der Waals surface area contributed by atoms with Crippen LogP contribution in [0.3, 0.4) is 0 Å². The van der Waals surface area contributed by atoms with E-state index in [1.807, 2.05) is 43.3 Å². The van der Waals surface area contributed by atoms with Gasteiger partial charge in [-0.05, 0) is 17.7 Å². The van der Waals surface area contributed by atoms with E-state index in [1.165, 1.54) is 23.9 Å². The van der Waals surface area contributed by atoms with E-state index in [0.717, 1.165) is 16.8 Å². The standard InChI is InChI=1S/C16H17N3O2S/c1-18(2)14-9-5-13(6-10-14)16(17)22-11-12-3-7-15(8-4-12)19(20)21/h3-10,17H,11H2,1-2H3. The van der Waals surface area contributed by atoms with Crippen LogP contribution in [-0.2, 0) is 5.75 Å². The summed E-state index contributed by atoms with van der Waals surface area (Å²) in [6.45, 7) is 0. The smallest absolute Gasteiger partial charge is 0.269 e. The SMILES string of the molecule is CN(C)c1ccc(C(=N)SCc2ccc([N+](=O)[O-])cc2)cc1. The maximum absolute atomic E-state index is 10.6. The van der Waals surface area contributed by atoms with Gasteiger partial charge in [0.1, 0.15) is 0 Å². The molecule has 0 aliphatic rings. The molecule has 0 aromatic heterocycles. The number of thioether (sulfide) groups is 1. The molecular weight excluding hydrogens is 298 g/mol. The van der Waals surface area contributed by atoms with Crippen LogP contribution in [0, 0.1) is 15.5 Å². The first-order valence-electron chi connectivity index (χ1n) is 6.70. The average Bonchev–Trinajstić information content (AvgIpc) is 2.53. The monoisotopic (exact) mass is 315 g/mol. The Kier molecular flexibility index (Phi) is 5.16. The highest BCUT2D eigenvalue weighted by Gasteiger charge is 2.06. The Morgan fingerprint density at radius 3 is 2.23 bits per heavy atom. The summed E-state index contributed by atoms with van der Waals surface area (Å²) in [6, 6.07) is 14.3. The first-order chi connectivity index (χ1) is 10.5. The minimum absolute atomic E-state index is 0.0862. The summed E-state index contributed by atoms with van der Waals surface area (Å²) < 4.78 is 0. The van der Waals surface area contributed by atoms with E-state index in [2.05, 4.69) is 0 Å². The molecule has 0 heterocycles. The summed E-state index contributed by atoms with van der Waals surface area (Å²) >= 11 is 1.41. The second-order valence-electron chi connectivity index (χ2n) is 4.98. The topological polar surface area (TPSA) is 70.2 Å². The lowest BCUT2D eigenvalue weighted by Gasteiger charge is -2.12. The lowest BCUT2D eigenvalue weighted by atomic mass is 10.2. The van der Waals surface area contributed by atoms with E-state index in [0.29, 0.717) is 10.8 Å². The molecule has 0 atom stereocenters. The Hall–Kier alpha value is -2.34. The first-order valence-corrected chi connectivity index (χ1v) is 7.68. The largest absolute Gasteiger partial charge is 0.378 e. The van der Waals surface area contributed by atoms with E-state index < -0.39 is 4.92 Å². The van der Waals surface area contributed by atoms with E-state index in [-0.39, 0.29) is 5.69 Å². The van der Waals surface area contributed by atoms with Gasteiger partial charge < -0.3 is 4.90 Å². The molecule has 0 saturated heterocycles. The third kappa shape index (κ3) is 4.08. The number of benzene rings is 2. The van der Waals surface area contributed by atoms with Crippen molar-refractivity contribution in [3.05, 3.63) is 69.8 Å². The van der Waals surface area contributed by atoms with Crippen LogP contribution in [0.25, 0.3) is 0 Å². The second-order valence-corrected chi connectivity index (χ2v) is 5.97. The Labute approximate surface area is 133 Å². The van der Waals surface area contributed by atoms with Crippen LogP contribution >= 0.6 is 11.8 Å². The number of anilines is 1. The molecular formula is C16H17N3O2S. The Morgan fingerprint density at radius 2 is 1.73 bits per heavy atom. The van der Waals surface area contributed by atoms with Gasteiger partial charge >= 0.3 is 0 Å². The third-order valence-electron chi connectivity index (χ3n) is 3.18. The van der Waals surface area contributed by atoms with Crippen LogP contribution < -0.4 is 4.90 Å². The van der Waals surface area contributed by atoms with Gasteiger partial charge in [0.25, 0.3) is 5.69 Å². The van der Waals surface area contributed by atoms with Gasteiger partial charge in [0.05, 0.1) is 9.97 Å². The van der Waals surface area contributed by atoms with Gasteiger partial charge in [-0.25, -0.2) is 0 Å². The fourth-order valence-corrected chi connectivity index (χ4v) is 2.67. The zero-order chi connectivity index (χ0) is 16.1. The Bertz CT molecular complexity index is 667. The van der Waals surface area contributed by atoms with Gasteiger partial charge in [-0.15, -0.1) is 11.8 Å². The first kappa shape index (κ1) is 16.0. The van der Waals surface area contributed by atoms with Crippen LogP contribution in [0.5, 0.6) is 0 Å². The number of nitrogens with zero attached hydrogens (tertiary/aromatic N) is 2. The van der Waals surface area contributed by atoms with Crippen molar-refractivity contribution in [1.29, 1.82) is 5.41 Å². The fraction of sp³-hybridized carbons (Fsp3) is 0.188. The van der Waals surface area contributed by atoms with Crippen LogP contribution in [0.1, 0.15) is 11.1 Å². The number of nitro groups is 1. The highest BCUT2D eigenvalue weighted by molar-refractivity contribution is 8.13. The number of rotatable bonds is 5. The van der Waals surface area contributed by atoms with Crippen molar-refractivity contribution >= 4 is 28.2 Å². The van der Waals surface area contributed by atoms with Crippen molar-refractivity contribution in [2.75, 3.05) is 19.0 Å². The van der Waals surface area contributed by atoms with Crippen molar-refractivity contribution in [2.24, 2.45) is 0 Å². The summed E-state index contributed by atoms with van der Waals surface area (Å²) in [4.78, 5) is 12.2. The highest BCUT2D eigenvalue weighted by Crippen LogP contribution is 2.21. The van der Waals surface area contributed by atoms with Crippen molar-refractivity contribution in [1.82, 2.24) is 0 Å². The van der Waals surface area contributed by atoms with Gasteiger partial charge in [-0.1, -0.05) is 24.3 Å². The predicted molar refractivity (Wildman–Crippen MR) is 92.0 cm³/mol. The lowest BCUT2D eigenvalue weighted by Crippen LogP contribution is -2.08. The molecule has 2 rings (SSSR count). The Morgan fingerprint density at radius 1 is 1.14 bits per heavy atom. The molecule has 1 N–H and O–H groups in total. The van der Waals surface area contributed by atoms with Crippen molar-refractivity contribution in [3.8, 4) is 0 Å². The normalized spacial score (nSPS) is 10.3. The molecule has 6 heteroatoms. The van der Waals surface area contributed by atoms with E-state index >= 15 is 0 Å². The third-order valence-corrected chi connectivity index (χ3v) is 4.18. The average molecular weight is 315 g/mol. The quantitative estimate of drug-likeness (QED) is 0.393.